The highest BCUT2D eigenvalue weighted by Crippen LogP contribution is 2.48. The molecule has 0 amide bonds. The van der Waals surface area contributed by atoms with Gasteiger partial charge in [-0.25, -0.2) is 0 Å². The van der Waals surface area contributed by atoms with E-state index in [4.69, 9.17) is 8.83 Å². The molecule has 0 radical (unpaired) electrons. The van der Waals surface area contributed by atoms with Crippen molar-refractivity contribution in [1.29, 1.82) is 0 Å². The minimum Gasteiger partial charge on any atom is -0.455 e. The summed E-state index contributed by atoms with van der Waals surface area (Å²) in [6.45, 7) is 0. The van der Waals surface area contributed by atoms with Crippen molar-refractivity contribution in [1.82, 2.24) is 9.13 Å². The van der Waals surface area contributed by atoms with Gasteiger partial charge in [-0.2, -0.15) is 0 Å². The highest BCUT2D eigenvalue weighted by atomic mass is 16.3. The van der Waals surface area contributed by atoms with E-state index in [1.807, 2.05) is 6.07 Å². The van der Waals surface area contributed by atoms with Crippen LogP contribution in [0.4, 0.5) is 0 Å². The SMILES string of the molecule is c1ccc(-n2c3ccccc3c3cc(-c4ccc(-c5cccc6c5c5c7ccccc7oc5n6-c5ccccc5)c5oc6ccccc6c45)ccc32)cc1. The summed E-state index contributed by atoms with van der Waals surface area (Å²) in [5, 5.41) is 8.01. The van der Waals surface area contributed by atoms with E-state index in [0.717, 1.165) is 88.5 Å². The summed E-state index contributed by atoms with van der Waals surface area (Å²) < 4.78 is 18.2. The molecule has 0 unspecified atom stereocenters. The molecule has 0 atom stereocenters. The van der Waals surface area contributed by atoms with E-state index < -0.39 is 0 Å². The molecule has 0 saturated carbocycles. The molecule has 0 aliphatic heterocycles. The van der Waals surface area contributed by atoms with Crippen LogP contribution in [0.2, 0.25) is 0 Å². The molecule has 8 aromatic carbocycles. The third kappa shape index (κ3) is 4.02. The fourth-order valence-electron chi connectivity index (χ4n) is 8.86. The quantitative estimate of drug-likeness (QED) is 0.184. The van der Waals surface area contributed by atoms with Gasteiger partial charge in [0, 0.05) is 49.3 Å². The van der Waals surface area contributed by atoms with E-state index in [9.17, 15) is 0 Å². The molecule has 4 nitrogen and oxygen atoms in total. The van der Waals surface area contributed by atoms with Gasteiger partial charge >= 0.3 is 0 Å². The molecule has 0 saturated heterocycles. The zero-order chi connectivity index (χ0) is 35.3. The summed E-state index contributed by atoms with van der Waals surface area (Å²) in [7, 11) is 0. The Morgan fingerprint density at radius 1 is 0.333 bits per heavy atom. The number of furan rings is 2. The monoisotopic (exact) mass is 690 g/mol. The molecule has 4 aromatic heterocycles. The fraction of sp³-hybridized carbons (Fsp3) is 0. The first kappa shape index (κ1) is 29.3. The third-order valence-corrected chi connectivity index (χ3v) is 11.1. The average Bonchev–Trinajstić information content (AvgIpc) is 3.98. The normalized spacial score (nSPS) is 12.1. The molecule has 0 aliphatic rings. The number of hydrogen-bond acceptors (Lipinski definition) is 2. The van der Waals surface area contributed by atoms with Gasteiger partial charge < -0.3 is 13.4 Å². The molecule has 0 N–H and O–H groups in total. The lowest BCUT2D eigenvalue weighted by Gasteiger charge is -2.11. The summed E-state index contributed by atoms with van der Waals surface area (Å²) >= 11 is 0. The van der Waals surface area contributed by atoms with Crippen LogP contribution >= 0.6 is 0 Å². The molecular weight excluding hydrogens is 661 g/mol. The largest absolute Gasteiger partial charge is 0.455 e. The predicted molar refractivity (Wildman–Crippen MR) is 223 cm³/mol. The molecule has 0 spiro atoms. The maximum absolute atomic E-state index is 6.91. The second-order valence-electron chi connectivity index (χ2n) is 14.0. The van der Waals surface area contributed by atoms with E-state index in [-0.39, 0.29) is 0 Å². The Hall–Kier alpha value is -7.30. The Balaban J connectivity index is 1.15. The summed E-state index contributed by atoms with van der Waals surface area (Å²) in [6, 6.07) is 64.6. The van der Waals surface area contributed by atoms with Crippen LogP contribution in [-0.2, 0) is 0 Å². The second kappa shape index (κ2) is 11.1. The second-order valence-corrected chi connectivity index (χ2v) is 14.0. The Labute approximate surface area is 309 Å². The van der Waals surface area contributed by atoms with Crippen LogP contribution in [0.15, 0.2) is 191 Å². The van der Waals surface area contributed by atoms with Gasteiger partial charge in [0.05, 0.1) is 21.9 Å². The van der Waals surface area contributed by atoms with Gasteiger partial charge in [-0.15, -0.1) is 0 Å². The molecule has 0 fully saturated rings. The summed E-state index contributed by atoms with van der Waals surface area (Å²) in [4.78, 5) is 0. The minimum atomic E-state index is 0.838. The lowest BCUT2D eigenvalue weighted by Crippen LogP contribution is -1.93. The van der Waals surface area contributed by atoms with Crippen molar-refractivity contribution < 1.29 is 8.83 Å². The maximum atomic E-state index is 6.91. The Bertz CT molecular complexity index is 3430. The lowest BCUT2D eigenvalue weighted by atomic mass is 9.92. The summed E-state index contributed by atoms with van der Waals surface area (Å²) in [5.41, 5.74) is 13.6. The molecule has 0 aliphatic carbocycles. The van der Waals surface area contributed by atoms with Gasteiger partial charge in [-0.3, -0.25) is 4.57 Å². The van der Waals surface area contributed by atoms with Crippen molar-refractivity contribution in [2.45, 2.75) is 0 Å². The van der Waals surface area contributed by atoms with Gasteiger partial charge in [0.25, 0.3) is 0 Å². The predicted octanol–water partition coefficient (Wildman–Crippen LogP) is 13.9. The maximum Gasteiger partial charge on any atom is 0.213 e. The van der Waals surface area contributed by atoms with Crippen LogP contribution < -0.4 is 0 Å². The number of para-hydroxylation sites is 5. The standard InChI is InChI=1S/C50H30N2O2/c1-3-14-32(15-4-1)51-41-22-10-7-18-35(41)40-30-31(26-29-42(40)51)34-27-28-37(49-46(34)38-19-8-11-24-44(38)53-49)36-21-13-23-43-47(36)48-39-20-9-12-25-45(39)54-50(48)52(43)33-16-5-2-6-17-33/h1-30H. The Morgan fingerprint density at radius 2 is 0.926 bits per heavy atom. The van der Waals surface area contributed by atoms with Crippen molar-refractivity contribution in [2.24, 2.45) is 0 Å². The van der Waals surface area contributed by atoms with Crippen molar-refractivity contribution in [3.8, 4) is 33.6 Å². The third-order valence-electron chi connectivity index (χ3n) is 11.1. The molecule has 12 rings (SSSR count). The average molecular weight is 691 g/mol. The van der Waals surface area contributed by atoms with Crippen LogP contribution in [-0.4, -0.2) is 9.13 Å². The van der Waals surface area contributed by atoms with Gasteiger partial charge in [0.1, 0.15) is 16.7 Å². The number of nitrogens with zero attached hydrogens (tertiary/aromatic N) is 2. The van der Waals surface area contributed by atoms with Crippen molar-refractivity contribution in [3.63, 3.8) is 0 Å². The van der Waals surface area contributed by atoms with Crippen LogP contribution in [0.5, 0.6) is 0 Å². The van der Waals surface area contributed by atoms with Crippen LogP contribution in [0, 0.1) is 0 Å². The lowest BCUT2D eigenvalue weighted by molar-refractivity contribution is 0.645. The Kier molecular flexibility index (Phi) is 6.02. The molecule has 0 bridgehead atoms. The van der Waals surface area contributed by atoms with Crippen molar-refractivity contribution >= 4 is 76.7 Å². The van der Waals surface area contributed by atoms with Gasteiger partial charge in [-0.05, 0) is 83.4 Å². The number of benzene rings is 8. The van der Waals surface area contributed by atoms with E-state index >= 15 is 0 Å². The first-order valence-electron chi connectivity index (χ1n) is 18.4. The molecule has 252 valence electrons. The van der Waals surface area contributed by atoms with E-state index in [1.165, 1.54) is 21.8 Å². The molecule has 12 aromatic rings. The number of aromatic nitrogens is 2. The van der Waals surface area contributed by atoms with E-state index in [0.29, 0.717) is 0 Å². The van der Waals surface area contributed by atoms with Crippen molar-refractivity contribution in [3.05, 3.63) is 182 Å². The zero-order valence-corrected chi connectivity index (χ0v) is 29.0. The number of fused-ring (bicyclic) bond motifs is 11. The fourth-order valence-corrected chi connectivity index (χ4v) is 8.86. The first-order chi connectivity index (χ1) is 26.8. The molecule has 4 heterocycles. The van der Waals surface area contributed by atoms with Crippen LogP contribution in [0.1, 0.15) is 0 Å². The topological polar surface area (TPSA) is 36.1 Å². The first-order valence-corrected chi connectivity index (χ1v) is 18.4. The van der Waals surface area contributed by atoms with E-state index in [2.05, 4.69) is 185 Å². The van der Waals surface area contributed by atoms with E-state index in [1.54, 1.807) is 0 Å². The van der Waals surface area contributed by atoms with Crippen LogP contribution in [0.25, 0.3) is 110 Å². The van der Waals surface area contributed by atoms with Gasteiger partial charge in [0.15, 0.2) is 0 Å². The highest BCUT2D eigenvalue weighted by molar-refractivity contribution is 6.26. The minimum absolute atomic E-state index is 0.838. The summed E-state index contributed by atoms with van der Waals surface area (Å²) in [6.07, 6.45) is 0. The number of hydrogen-bond donors (Lipinski definition) is 0. The number of rotatable bonds is 4. The highest BCUT2D eigenvalue weighted by Gasteiger charge is 2.25. The smallest absolute Gasteiger partial charge is 0.213 e. The van der Waals surface area contributed by atoms with Gasteiger partial charge in [0.2, 0.25) is 5.71 Å². The summed E-state index contributed by atoms with van der Waals surface area (Å²) in [5.74, 6) is 0. The van der Waals surface area contributed by atoms with Crippen LogP contribution in [0.3, 0.4) is 0 Å². The van der Waals surface area contributed by atoms with Gasteiger partial charge in [-0.1, -0.05) is 115 Å². The molecule has 54 heavy (non-hydrogen) atoms. The zero-order valence-electron chi connectivity index (χ0n) is 29.0. The Morgan fingerprint density at radius 3 is 1.70 bits per heavy atom. The van der Waals surface area contributed by atoms with Crippen molar-refractivity contribution in [2.75, 3.05) is 0 Å². The molecular formula is C50H30N2O2. The molecule has 4 heteroatoms.